The van der Waals surface area contributed by atoms with Crippen LogP contribution < -0.4 is 15.4 Å². The first-order valence-electron chi connectivity index (χ1n) is 9.98. The van der Waals surface area contributed by atoms with E-state index in [1.807, 2.05) is 56.3 Å². The molecule has 0 aromatic heterocycles. The van der Waals surface area contributed by atoms with Crippen LogP contribution in [0.2, 0.25) is 0 Å². The Morgan fingerprint density at radius 3 is 2.55 bits per heavy atom. The van der Waals surface area contributed by atoms with Crippen LogP contribution in [0.5, 0.6) is 5.75 Å². The van der Waals surface area contributed by atoms with Crippen LogP contribution in [0.25, 0.3) is 0 Å². The van der Waals surface area contributed by atoms with Crippen molar-refractivity contribution in [2.24, 2.45) is 0 Å². The molecule has 0 heterocycles. The van der Waals surface area contributed by atoms with Gasteiger partial charge in [-0.15, -0.1) is 0 Å². The highest BCUT2D eigenvalue weighted by molar-refractivity contribution is 5.94. The standard InChI is InChI=1S/C25H28N2O2/c1-19-13-14-24(20(2)16-19)27-25(28)18-26-22-11-6-12-23(17-22)29-15-7-10-21-8-4-3-5-9-21/h3-6,8-9,11-14,16-17,26H,7,10,15,18H2,1-2H3,(H,27,28). The van der Waals surface area contributed by atoms with Gasteiger partial charge in [0.05, 0.1) is 13.2 Å². The summed E-state index contributed by atoms with van der Waals surface area (Å²) >= 11 is 0. The number of rotatable bonds is 9. The largest absolute Gasteiger partial charge is 0.494 e. The summed E-state index contributed by atoms with van der Waals surface area (Å²) in [7, 11) is 0. The third kappa shape index (κ3) is 6.68. The van der Waals surface area contributed by atoms with Crippen LogP contribution in [0.1, 0.15) is 23.1 Å². The molecule has 0 saturated carbocycles. The zero-order valence-electron chi connectivity index (χ0n) is 17.1. The van der Waals surface area contributed by atoms with Crippen LogP contribution >= 0.6 is 0 Å². The Kier molecular flexibility index (Phi) is 7.28. The van der Waals surface area contributed by atoms with Gasteiger partial charge in [0, 0.05) is 17.4 Å². The Hall–Kier alpha value is -3.27. The van der Waals surface area contributed by atoms with Gasteiger partial charge < -0.3 is 15.4 Å². The molecule has 3 aromatic rings. The lowest BCUT2D eigenvalue weighted by Gasteiger charge is -2.12. The molecule has 0 spiro atoms. The van der Waals surface area contributed by atoms with Crippen LogP contribution in [0.4, 0.5) is 11.4 Å². The van der Waals surface area contributed by atoms with Gasteiger partial charge in [-0.05, 0) is 56.0 Å². The fraction of sp³-hybridized carbons (Fsp3) is 0.240. The summed E-state index contributed by atoms with van der Waals surface area (Å²) in [6.45, 7) is 4.89. The third-order valence-electron chi connectivity index (χ3n) is 4.66. The minimum Gasteiger partial charge on any atom is -0.494 e. The Morgan fingerprint density at radius 2 is 1.76 bits per heavy atom. The van der Waals surface area contributed by atoms with Crippen molar-refractivity contribution in [2.75, 3.05) is 23.8 Å². The molecule has 150 valence electrons. The number of carbonyl (C=O) groups is 1. The van der Waals surface area contributed by atoms with E-state index in [1.165, 1.54) is 11.1 Å². The Balaban J connectivity index is 1.43. The molecule has 4 nitrogen and oxygen atoms in total. The lowest BCUT2D eigenvalue weighted by Crippen LogP contribution is -2.22. The van der Waals surface area contributed by atoms with Crippen molar-refractivity contribution in [1.29, 1.82) is 0 Å². The fourth-order valence-corrected chi connectivity index (χ4v) is 3.14. The van der Waals surface area contributed by atoms with Gasteiger partial charge >= 0.3 is 0 Å². The number of carbonyl (C=O) groups excluding carboxylic acids is 1. The molecule has 2 N–H and O–H groups in total. The molecular weight excluding hydrogens is 360 g/mol. The number of ether oxygens (including phenoxy) is 1. The van der Waals surface area contributed by atoms with Crippen molar-refractivity contribution in [1.82, 2.24) is 0 Å². The maximum Gasteiger partial charge on any atom is 0.243 e. The molecule has 0 aliphatic carbocycles. The van der Waals surface area contributed by atoms with E-state index in [2.05, 4.69) is 41.0 Å². The average molecular weight is 389 g/mol. The number of hydrogen-bond donors (Lipinski definition) is 2. The molecule has 0 radical (unpaired) electrons. The van der Waals surface area contributed by atoms with Gasteiger partial charge in [0.1, 0.15) is 5.75 Å². The molecule has 1 amide bonds. The SMILES string of the molecule is Cc1ccc(NC(=O)CNc2cccc(OCCCc3ccccc3)c2)c(C)c1. The van der Waals surface area contributed by atoms with Crippen LogP contribution in [0.3, 0.4) is 0 Å². The summed E-state index contributed by atoms with van der Waals surface area (Å²) in [6, 6.07) is 24.1. The van der Waals surface area contributed by atoms with Gasteiger partial charge in [0.15, 0.2) is 0 Å². The number of aryl methyl sites for hydroxylation is 3. The van der Waals surface area contributed by atoms with E-state index in [9.17, 15) is 4.79 Å². The summed E-state index contributed by atoms with van der Waals surface area (Å²) in [4.78, 5) is 12.2. The van der Waals surface area contributed by atoms with E-state index in [0.717, 1.165) is 35.5 Å². The number of nitrogens with one attached hydrogen (secondary N) is 2. The summed E-state index contributed by atoms with van der Waals surface area (Å²) in [5.74, 6) is 0.726. The molecule has 3 rings (SSSR count). The molecule has 4 heteroatoms. The number of benzene rings is 3. The molecule has 0 aliphatic rings. The second-order valence-corrected chi connectivity index (χ2v) is 7.19. The van der Waals surface area contributed by atoms with E-state index in [-0.39, 0.29) is 12.5 Å². The van der Waals surface area contributed by atoms with E-state index < -0.39 is 0 Å². The number of anilines is 2. The molecule has 29 heavy (non-hydrogen) atoms. The second kappa shape index (κ2) is 10.3. The average Bonchev–Trinajstić information content (AvgIpc) is 2.73. The predicted octanol–water partition coefficient (Wildman–Crippen LogP) is 5.37. The molecule has 0 aliphatic heterocycles. The maximum absolute atomic E-state index is 12.2. The summed E-state index contributed by atoms with van der Waals surface area (Å²) in [5.41, 5.74) is 5.27. The molecule has 0 atom stereocenters. The monoisotopic (exact) mass is 388 g/mol. The third-order valence-corrected chi connectivity index (χ3v) is 4.66. The van der Waals surface area contributed by atoms with Crippen molar-refractivity contribution in [3.63, 3.8) is 0 Å². The first-order chi connectivity index (χ1) is 14.1. The van der Waals surface area contributed by atoms with E-state index >= 15 is 0 Å². The number of amides is 1. The first kappa shape index (κ1) is 20.5. The van der Waals surface area contributed by atoms with E-state index in [1.54, 1.807) is 0 Å². The molecule has 3 aromatic carbocycles. The minimum atomic E-state index is -0.0777. The lowest BCUT2D eigenvalue weighted by molar-refractivity contribution is -0.114. The highest BCUT2D eigenvalue weighted by atomic mass is 16.5. The van der Waals surface area contributed by atoms with Crippen LogP contribution in [-0.2, 0) is 11.2 Å². The van der Waals surface area contributed by atoms with Gasteiger partial charge in [-0.25, -0.2) is 0 Å². The quantitative estimate of drug-likeness (QED) is 0.485. The molecular formula is C25H28N2O2. The minimum absolute atomic E-state index is 0.0777. The van der Waals surface area contributed by atoms with Crippen molar-refractivity contribution in [3.05, 3.63) is 89.5 Å². The lowest BCUT2D eigenvalue weighted by atomic mass is 10.1. The van der Waals surface area contributed by atoms with Crippen molar-refractivity contribution in [3.8, 4) is 5.75 Å². The Labute approximate surface area is 172 Å². The zero-order chi connectivity index (χ0) is 20.5. The van der Waals surface area contributed by atoms with E-state index in [4.69, 9.17) is 4.74 Å². The van der Waals surface area contributed by atoms with Gasteiger partial charge in [-0.1, -0.05) is 54.1 Å². The fourth-order valence-electron chi connectivity index (χ4n) is 3.14. The zero-order valence-corrected chi connectivity index (χ0v) is 17.1. The Morgan fingerprint density at radius 1 is 0.931 bits per heavy atom. The van der Waals surface area contributed by atoms with E-state index in [0.29, 0.717) is 6.61 Å². The van der Waals surface area contributed by atoms with Crippen molar-refractivity contribution in [2.45, 2.75) is 26.7 Å². The van der Waals surface area contributed by atoms with Crippen LogP contribution in [0, 0.1) is 13.8 Å². The van der Waals surface area contributed by atoms with Crippen molar-refractivity contribution >= 4 is 17.3 Å². The highest BCUT2D eigenvalue weighted by Gasteiger charge is 2.05. The summed E-state index contributed by atoms with van der Waals surface area (Å²) in [6.07, 6.45) is 1.96. The van der Waals surface area contributed by atoms with Gasteiger partial charge in [0.25, 0.3) is 0 Å². The molecule has 0 unspecified atom stereocenters. The highest BCUT2D eigenvalue weighted by Crippen LogP contribution is 2.18. The van der Waals surface area contributed by atoms with Gasteiger partial charge in [-0.3, -0.25) is 4.79 Å². The topological polar surface area (TPSA) is 50.4 Å². The van der Waals surface area contributed by atoms with Crippen LogP contribution in [0.15, 0.2) is 72.8 Å². The smallest absolute Gasteiger partial charge is 0.243 e. The first-order valence-corrected chi connectivity index (χ1v) is 9.98. The predicted molar refractivity (Wildman–Crippen MR) is 120 cm³/mol. The van der Waals surface area contributed by atoms with Gasteiger partial charge in [-0.2, -0.15) is 0 Å². The number of hydrogen-bond acceptors (Lipinski definition) is 3. The molecule has 0 fully saturated rings. The normalized spacial score (nSPS) is 10.4. The summed E-state index contributed by atoms with van der Waals surface area (Å²) < 4.78 is 5.86. The summed E-state index contributed by atoms with van der Waals surface area (Å²) in [5, 5.41) is 6.11. The Bertz CT molecular complexity index is 939. The van der Waals surface area contributed by atoms with Crippen LogP contribution in [-0.4, -0.2) is 19.1 Å². The maximum atomic E-state index is 12.2. The second-order valence-electron chi connectivity index (χ2n) is 7.19. The molecule has 0 saturated heterocycles. The van der Waals surface area contributed by atoms with Crippen molar-refractivity contribution < 1.29 is 9.53 Å². The van der Waals surface area contributed by atoms with Gasteiger partial charge in [0.2, 0.25) is 5.91 Å². The molecule has 0 bridgehead atoms.